The van der Waals surface area contributed by atoms with Crippen LogP contribution in [0.5, 0.6) is 5.75 Å². The van der Waals surface area contributed by atoms with Crippen molar-refractivity contribution in [1.82, 2.24) is 0 Å². The molecule has 5 rings (SSSR count). The largest absolute Gasteiger partial charge is 0.426 e. The molecule has 9 heteroatoms. The Hall–Kier alpha value is -3.62. The van der Waals surface area contributed by atoms with E-state index >= 15 is 0 Å². The van der Waals surface area contributed by atoms with Crippen LogP contribution in [0, 0.1) is 0 Å². The summed E-state index contributed by atoms with van der Waals surface area (Å²) in [6, 6.07) is 15.1. The minimum atomic E-state index is -4.57. The van der Waals surface area contributed by atoms with Crippen LogP contribution in [-0.2, 0) is 27.4 Å². The number of rotatable bonds is 2. The fourth-order valence-electron chi connectivity index (χ4n) is 5.53. The number of carbonyl (C=O) groups is 2. The maximum atomic E-state index is 13.6. The molecule has 1 heterocycles. The van der Waals surface area contributed by atoms with Crippen molar-refractivity contribution >= 4 is 11.8 Å². The number of para-hydroxylation sites is 1. The van der Waals surface area contributed by atoms with Crippen LogP contribution >= 0.6 is 0 Å². The Balaban J connectivity index is 1.70. The third-order valence-electron chi connectivity index (χ3n) is 7.12. The number of halogens is 6. The molecule has 3 nitrogen and oxygen atoms in total. The number of hydrogen-bond acceptors (Lipinski definition) is 3. The highest BCUT2D eigenvalue weighted by molar-refractivity contribution is 5.97. The monoisotopic (exact) mass is 504 g/mol. The lowest BCUT2D eigenvalue weighted by molar-refractivity contribution is -0.143. The maximum absolute atomic E-state index is 13.6. The molecular formula is C27H18F6O3. The van der Waals surface area contributed by atoms with Crippen LogP contribution in [0.25, 0.3) is 0 Å². The van der Waals surface area contributed by atoms with E-state index in [0.29, 0.717) is 16.7 Å². The van der Waals surface area contributed by atoms with Crippen molar-refractivity contribution < 1.29 is 40.7 Å². The second-order valence-electron chi connectivity index (χ2n) is 9.05. The van der Waals surface area contributed by atoms with E-state index in [4.69, 9.17) is 4.74 Å². The summed E-state index contributed by atoms with van der Waals surface area (Å²) in [5, 5.41) is 0. The van der Waals surface area contributed by atoms with Crippen molar-refractivity contribution in [2.24, 2.45) is 0 Å². The molecule has 0 bridgehead atoms. The van der Waals surface area contributed by atoms with Crippen molar-refractivity contribution in [3.8, 4) is 5.75 Å². The summed E-state index contributed by atoms with van der Waals surface area (Å²) in [5.74, 6) is -2.46. The SMILES string of the molecule is O=C1C[C@H](c2ccc(C(F)(F)F)cc2)C2(C(=O)Oc3ccccc32)[C@H](c2ccc(C(F)(F)F)cc2)C1. The predicted octanol–water partition coefficient (Wildman–Crippen LogP) is 6.81. The highest BCUT2D eigenvalue weighted by Gasteiger charge is 2.62. The predicted molar refractivity (Wildman–Crippen MR) is 116 cm³/mol. The fourth-order valence-corrected chi connectivity index (χ4v) is 5.53. The molecule has 1 saturated carbocycles. The molecule has 1 spiro atoms. The Labute approximate surface area is 201 Å². The molecule has 1 aliphatic heterocycles. The first-order valence-corrected chi connectivity index (χ1v) is 11.1. The number of esters is 1. The summed E-state index contributed by atoms with van der Waals surface area (Å²) in [6.07, 6.45) is -9.40. The number of benzene rings is 3. The van der Waals surface area contributed by atoms with Crippen molar-refractivity contribution in [3.05, 3.63) is 101 Å². The molecule has 2 aliphatic rings. The van der Waals surface area contributed by atoms with E-state index in [1.54, 1.807) is 24.3 Å². The molecule has 186 valence electrons. The van der Waals surface area contributed by atoms with E-state index in [9.17, 15) is 35.9 Å². The second-order valence-corrected chi connectivity index (χ2v) is 9.05. The highest BCUT2D eigenvalue weighted by Crippen LogP contribution is 2.60. The molecule has 1 unspecified atom stereocenters. The van der Waals surface area contributed by atoms with E-state index in [2.05, 4.69) is 0 Å². The zero-order chi connectivity index (χ0) is 25.9. The number of carbonyl (C=O) groups excluding carboxylic acids is 2. The lowest BCUT2D eigenvalue weighted by Crippen LogP contribution is -2.49. The minimum Gasteiger partial charge on any atom is -0.426 e. The van der Waals surface area contributed by atoms with Crippen LogP contribution in [0.2, 0.25) is 0 Å². The number of alkyl halides is 6. The quantitative estimate of drug-likeness (QED) is 0.219. The van der Waals surface area contributed by atoms with Crippen LogP contribution in [0.15, 0.2) is 72.8 Å². The number of fused-ring (bicyclic) bond motifs is 2. The van der Waals surface area contributed by atoms with E-state index in [1.807, 2.05) is 0 Å². The van der Waals surface area contributed by atoms with Gasteiger partial charge in [-0.2, -0.15) is 26.3 Å². The Morgan fingerprint density at radius 2 is 1.11 bits per heavy atom. The smallest absolute Gasteiger partial charge is 0.416 e. The average molecular weight is 504 g/mol. The van der Waals surface area contributed by atoms with Crippen molar-refractivity contribution in [2.75, 3.05) is 0 Å². The molecule has 3 aromatic carbocycles. The first-order chi connectivity index (χ1) is 16.9. The molecular weight excluding hydrogens is 486 g/mol. The van der Waals surface area contributed by atoms with Gasteiger partial charge in [0.25, 0.3) is 0 Å². The lowest BCUT2D eigenvalue weighted by atomic mass is 9.54. The molecule has 0 amide bonds. The summed E-state index contributed by atoms with van der Waals surface area (Å²) in [7, 11) is 0. The molecule has 0 radical (unpaired) electrons. The first kappa shape index (κ1) is 24.1. The van der Waals surface area contributed by atoms with Gasteiger partial charge < -0.3 is 4.74 Å². The standard InChI is InChI=1S/C27H18F6O3/c28-26(29,30)17-9-5-15(6-10-17)21-13-19(34)14-22(16-7-11-18(12-8-16)27(31,32)33)25(21)20-3-1-2-4-23(20)36-24(25)35/h1-12,21-22H,13-14H2/t21-,22+,25?. The number of Topliss-reactive ketones (excluding diaryl/α,β-unsaturated/α-hetero) is 1. The fraction of sp³-hybridized carbons (Fsp3) is 0.259. The molecule has 1 aliphatic carbocycles. The van der Waals surface area contributed by atoms with E-state index in [0.717, 1.165) is 24.3 Å². The van der Waals surface area contributed by atoms with Gasteiger partial charge in [-0.25, -0.2) is 0 Å². The Morgan fingerprint density at radius 1 is 0.667 bits per heavy atom. The van der Waals surface area contributed by atoms with Gasteiger partial charge in [0.15, 0.2) is 0 Å². The highest BCUT2D eigenvalue weighted by atomic mass is 19.4. The molecule has 1 fully saturated rings. The number of ketones is 1. The van der Waals surface area contributed by atoms with E-state index in [1.165, 1.54) is 24.3 Å². The summed E-state index contributed by atoms with van der Waals surface area (Å²) in [5.41, 5.74) is -2.14. The third kappa shape index (κ3) is 3.77. The van der Waals surface area contributed by atoms with Gasteiger partial charge in [0.05, 0.1) is 11.1 Å². The van der Waals surface area contributed by atoms with E-state index < -0.39 is 46.7 Å². The topological polar surface area (TPSA) is 43.4 Å². The average Bonchev–Trinajstić information content (AvgIpc) is 3.11. The maximum Gasteiger partial charge on any atom is 0.416 e. The zero-order valence-corrected chi connectivity index (χ0v) is 18.5. The van der Waals surface area contributed by atoms with Gasteiger partial charge in [-0.15, -0.1) is 0 Å². The molecule has 36 heavy (non-hydrogen) atoms. The third-order valence-corrected chi connectivity index (χ3v) is 7.12. The van der Waals surface area contributed by atoms with Crippen molar-refractivity contribution in [3.63, 3.8) is 0 Å². The van der Waals surface area contributed by atoms with Gasteiger partial charge in [-0.3, -0.25) is 9.59 Å². The van der Waals surface area contributed by atoms with Crippen molar-refractivity contribution in [1.29, 1.82) is 0 Å². The van der Waals surface area contributed by atoms with Gasteiger partial charge in [0.2, 0.25) is 0 Å². The zero-order valence-electron chi connectivity index (χ0n) is 18.5. The molecule has 0 N–H and O–H groups in total. The van der Waals surface area contributed by atoms with Crippen LogP contribution in [0.1, 0.15) is 52.5 Å². The first-order valence-electron chi connectivity index (χ1n) is 11.1. The molecule has 0 aromatic heterocycles. The Kier molecular flexibility index (Phi) is 5.50. The van der Waals surface area contributed by atoms with Gasteiger partial charge in [-0.1, -0.05) is 42.5 Å². The molecule has 0 saturated heterocycles. The van der Waals surface area contributed by atoms with Gasteiger partial charge in [-0.05, 0) is 41.5 Å². The van der Waals surface area contributed by atoms with Crippen LogP contribution in [0.4, 0.5) is 26.3 Å². The van der Waals surface area contributed by atoms with E-state index in [-0.39, 0.29) is 24.4 Å². The Morgan fingerprint density at radius 3 is 1.56 bits per heavy atom. The summed E-state index contributed by atoms with van der Waals surface area (Å²) in [4.78, 5) is 26.6. The van der Waals surface area contributed by atoms with Gasteiger partial charge in [0, 0.05) is 30.2 Å². The van der Waals surface area contributed by atoms with Crippen LogP contribution in [-0.4, -0.2) is 11.8 Å². The van der Waals surface area contributed by atoms with Gasteiger partial charge in [0.1, 0.15) is 16.9 Å². The molecule has 3 aromatic rings. The van der Waals surface area contributed by atoms with Crippen LogP contribution < -0.4 is 4.74 Å². The number of ether oxygens (including phenoxy) is 1. The number of hydrogen-bond donors (Lipinski definition) is 0. The minimum absolute atomic E-state index is 0.133. The Bertz CT molecular complexity index is 1250. The normalized spacial score (nSPS) is 24.1. The van der Waals surface area contributed by atoms with Crippen LogP contribution in [0.3, 0.4) is 0 Å². The summed E-state index contributed by atoms with van der Waals surface area (Å²) in [6.45, 7) is 0. The molecule has 3 atom stereocenters. The van der Waals surface area contributed by atoms with Gasteiger partial charge >= 0.3 is 18.3 Å². The lowest BCUT2D eigenvalue weighted by Gasteiger charge is -2.45. The summed E-state index contributed by atoms with van der Waals surface area (Å²) >= 11 is 0. The van der Waals surface area contributed by atoms with Crippen molar-refractivity contribution in [2.45, 2.75) is 42.4 Å². The second kappa shape index (κ2) is 8.21. The summed E-state index contributed by atoms with van der Waals surface area (Å²) < 4.78 is 84.6.